The molecule has 0 unspecified atom stereocenters. The summed E-state index contributed by atoms with van der Waals surface area (Å²) in [5, 5.41) is 3.37. The van der Waals surface area contributed by atoms with Crippen LogP contribution in [0.25, 0.3) is 0 Å². The van der Waals surface area contributed by atoms with E-state index in [-0.39, 0.29) is 35.2 Å². The van der Waals surface area contributed by atoms with Gasteiger partial charge in [0.15, 0.2) is 11.5 Å². The van der Waals surface area contributed by atoms with Gasteiger partial charge in [-0.2, -0.15) is 0 Å². The summed E-state index contributed by atoms with van der Waals surface area (Å²) in [6.07, 6.45) is 0.281. The molecule has 0 aromatic heterocycles. The van der Waals surface area contributed by atoms with Crippen molar-refractivity contribution in [2.45, 2.75) is 64.1 Å². The summed E-state index contributed by atoms with van der Waals surface area (Å²) < 4.78 is 45.7. The third-order valence-electron chi connectivity index (χ3n) is 6.84. The van der Waals surface area contributed by atoms with Gasteiger partial charge in [-0.15, -0.1) is 0 Å². The Bertz CT molecular complexity index is 1570. The highest BCUT2D eigenvalue weighted by molar-refractivity contribution is 7.92. The highest BCUT2D eigenvalue weighted by atomic mass is 35.5. The van der Waals surface area contributed by atoms with Crippen LogP contribution in [0.1, 0.15) is 46.6 Å². The number of rotatable bonds is 14. The molecule has 12 heteroatoms. The lowest BCUT2D eigenvalue weighted by Crippen LogP contribution is -2.55. The van der Waals surface area contributed by atoms with E-state index in [1.807, 2.05) is 27.7 Å². The Morgan fingerprint density at radius 1 is 0.933 bits per heavy atom. The Labute approximate surface area is 271 Å². The van der Waals surface area contributed by atoms with E-state index in [9.17, 15) is 18.0 Å². The molecule has 2 amide bonds. The zero-order chi connectivity index (χ0) is 33.4. The average Bonchev–Trinajstić information content (AvgIpc) is 2.99. The first-order valence-electron chi connectivity index (χ1n) is 14.6. The highest BCUT2D eigenvalue weighted by Gasteiger charge is 2.35. The Balaban J connectivity index is 2.13. The van der Waals surface area contributed by atoms with Gasteiger partial charge in [-0.25, -0.2) is 8.42 Å². The van der Waals surface area contributed by atoms with Gasteiger partial charge < -0.3 is 24.4 Å². The smallest absolute Gasteiger partial charge is 0.264 e. The van der Waals surface area contributed by atoms with Crippen molar-refractivity contribution < 1.29 is 32.2 Å². The minimum Gasteiger partial charge on any atom is -0.494 e. The maximum Gasteiger partial charge on any atom is 0.264 e. The van der Waals surface area contributed by atoms with Gasteiger partial charge in [0.2, 0.25) is 11.8 Å². The number of methoxy groups -OCH3 is 2. The number of hydrogen-bond donors (Lipinski definition) is 1. The fourth-order valence-electron chi connectivity index (χ4n) is 4.69. The standard InChI is InChI=1S/C33H42ClN3O7S/c1-8-28(32(39)35-33(3,4)5)36(21-23-12-10-11-13-27(23)34)31(38)22-37(24-14-16-25(17-15-24)44-9-2)45(40,41)26-18-19-29(42-6)30(20-26)43-7/h10-20,28H,8-9,21-22H2,1-7H3,(H,35,39)/t28-/m0/s1. The second-order valence-electron chi connectivity index (χ2n) is 11.2. The zero-order valence-corrected chi connectivity index (χ0v) is 28.4. The molecule has 45 heavy (non-hydrogen) atoms. The molecule has 0 bridgehead atoms. The maximum atomic E-state index is 14.3. The predicted molar refractivity (Wildman–Crippen MR) is 176 cm³/mol. The minimum absolute atomic E-state index is 0.0118. The molecule has 3 aromatic carbocycles. The van der Waals surface area contributed by atoms with Crippen molar-refractivity contribution in [2.75, 3.05) is 31.7 Å². The van der Waals surface area contributed by atoms with E-state index < -0.39 is 34.1 Å². The van der Waals surface area contributed by atoms with E-state index in [1.54, 1.807) is 55.5 Å². The third-order valence-corrected chi connectivity index (χ3v) is 8.98. The molecule has 0 saturated carbocycles. The number of amides is 2. The predicted octanol–water partition coefficient (Wildman–Crippen LogP) is 5.67. The summed E-state index contributed by atoms with van der Waals surface area (Å²) in [6, 6.07) is 16.7. The molecule has 0 aliphatic carbocycles. The largest absolute Gasteiger partial charge is 0.494 e. The molecule has 1 atom stereocenters. The van der Waals surface area contributed by atoms with Crippen LogP contribution in [0.15, 0.2) is 71.6 Å². The molecule has 0 aliphatic heterocycles. The van der Waals surface area contributed by atoms with E-state index in [2.05, 4.69) is 5.32 Å². The van der Waals surface area contributed by atoms with Gasteiger partial charge >= 0.3 is 0 Å². The van der Waals surface area contributed by atoms with E-state index in [4.69, 9.17) is 25.8 Å². The summed E-state index contributed by atoms with van der Waals surface area (Å²) in [6.45, 7) is 9.00. The van der Waals surface area contributed by atoms with E-state index >= 15 is 0 Å². The van der Waals surface area contributed by atoms with Crippen LogP contribution < -0.4 is 23.8 Å². The van der Waals surface area contributed by atoms with E-state index in [1.165, 1.54) is 37.3 Å². The monoisotopic (exact) mass is 659 g/mol. The van der Waals surface area contributed by atoms with Crippen molar-refractivity contribution in [3.63, 3.8) is 0 Å². The van der Waals surface area contributed by atoms with Crippen molar-refractivity contribution in [3.8, 4) is 17.2 Å². The van der Waals surface area contributed by atoms with Crippen LogP contribution in [0.5, 0.6) is 17.2 Å². The quantitative estimate of drug-likeness (QED) is 0.237. The van der Waals surface area contributed by atoms with Gasteiger partial charge in [0.1, 0.15) is 18.3 Å². The minimum atomic E-state index is -4.35. The molecule has 0 radical (unpaired) electrons. The number of nitrogens with one attached hydrogen (secondary N) is 1. The molecule has 0 aliphatic rings. The summed E-state index contributed by atoms with van der Waals surface area (Å²) in [5.74, 6) is 0.148. The van der Waals surface area contributed by atoms with Gasteiger partial charge in [-0.05, 0) is 82.1 Å². The summed E-state index contributed by atoms with van der Waals surface area (Å²) in [7, 11) is -1.49. The third kappa shape index (κ3) is 9.04. The van der Waals surface area contributed by atoms with Gasteiger partial charge in [-0.1, -0.05) is 36.7 Å². The fraction of sp³-hybridized carbons (Fsp3) is 0.394. The highest BCUT2D eigenvalue weighted by Crippen LogP contribution is 2.33. The molecule has 3 aromatic rings. The summed E-state index contributed by atoms with van der Waals surface area (Å²) in [5.41, 5.74) is 0.283. The molecule has 1 N–H and O–H groups in total. The topological polar surface area (TPSA) is 114 Å². The van der Waals surface area contributed by atoms with E-state index in [0.29, 0.717) is 28.7 Å². The Morgan fingerprint density at radius 3 is 2.13 bits per heavy atom. The first-order valence-corrected chi connectivity index (χ1v) is 16.4. The first kappa shape index (κ1) is 35.5. The fourth-order valence-corrected chi connectivity index (χ4v) is 6.32. The average molecular weight is 660 g/mol. The van der Waals surface area contributed by atoms with Crippen LogP contribution in [0.2, 0.25) is 5.02 Å². The molecular weight excluding hydrogens is 618 g/mol. The maximum absolute atomic E-state index is 14.3. The molecule has 0 saturated heterocycles. The molecular formula is C33H42ClN3O7S. The lowest BCUT2D eigenvalue weighted by molar-refractivity contribution is -0.141. The van der Waals surface area contributed by atoms with Crippen molar-refractivity contribution in [1.29, 1.82) is 0 Å². The number of hydrogen-bond acceptors (Lipinski definition) is 7. The number of ether oxygens (including phenoxy) is 3. The number of anilines is 1. The zero-order valence-electron chi connectivity index (χ0n) is 26.8. The number of sulfonamides is 1. The van der Waals surface area contributed by atoms with Crippen molar-refractivity contribution in [3.05, 3.63) is 77.3 Å². The number of carbonyl (C=O) groups is 2. The Kier molecular flexibility index (Phi) is 12.1. The molecule has 244 valence electrons. The SMILES string of the molecule is CCOc1ccc(N(CC(=O)N(Cc2ccccc2Cl)[C@@H](CC)C(=O)NC(C)(C)C)S(=O)(=O)c2ccc(OC)c(OC)c2)cc1. The van der Waals surface area contributed by atoms with Crippen LogP contribution in [0, 0.1) is 0 Å². The number of halogens is 1. The molecule has 3 rings (SSSR count). The normalized spacial score (nSPS) is 12.2. The van der Waals surface area contributed by atoms with Crippen LogP contribution >= 0.6 is 11.6 Å². The van der Waals surface area contributed by atoms with Crippen molar-refractivity contribution in [1.82, 2.24) is 10.2 Å². The van der Waals surface area contributed by atoms with Crippen molar-refractivity contribution >= 4 is 39.1 Å². The van der Waals surface area contributed by atoms with Gasteiger partial charge in [-0.3, -0.25) is 13.9 Å². The molecule has 10 nitrogen and oxygen atoms in total. The van der Waals surface area contributed by atoms with Gasteiger partial charge in [0.05, 0.1) is 31.4 Å². The molecule has 0 heterocycles. The molecule has 0 fully saturated rings. The number of benzene rings is 3. The lowest BCUT2D eigenvalue weighted by atomic mass is 10.1. The first-order chi connectivity index (χ1) is 21.2. The van der Waals surface area contributed by atoms with Crippen molar-refractivity contribution in [2.24, 2.45) is 0 Å². The van der Waals surface area contributed by atoms with Crippen LogP contribution in [-0.4, -0.2) is 64.1 Å². The van der Waals surface area contributed by atoms with Gasteiger partial charge in [0.25, 0.3) is 10.0 Å². The Morgan fingerprint density at radius 2 is 1.58 bits per heavy atom. The van der Waals surface area contributed by atoms with Crippen LogP contribution in [0.3, 0.4) is 0 Å². The lowest BCUT2D eigenvalue weighted by Gasteiger charge is -2.35. The van der Waals surface area contributed by atoms with Gasteiger partial charge in [0, 0.05) is 23.2 Å². The molecule has 0 spiro atoms. The second kappa shape index (κ2) is 15.4. The number of nitrogens with zero attached hydrogens (tertiary/aromatic N) is 2. The summed E-state index contributed by atoms with van der Waals surface area (Å²) in [4.78, 5) is 29.1. The summed E-state index contributed by atoms with van der Waals surface area (Å²) >= 11 is 6.48. The van der Waals surface area contributed by atoms with Crippen LogP contribution in [-0.2, 0) is 26.2 Å². The number of carbonyl (C=O) groups excluding carboxylic acids is 2. The Hall–Kier alpha value is -3.96. The second-order valence-corrected chi connectivity index (χ2v) is 13.5. The van der Waals surface area contributed by atoms with Crippen LogP contribution in [0.4, 0.5) is 5.69 Å². The van der Waals surface area contributed by atoms with E-state index in [0.717, 1.165) is 4.31 Å².